The number of benzene rings is 1. The standard InChI is InChI=1S/C10H13FO3/c1-7(12)9-5-8(11)3-4-10(9)14-6-13-2/h3-5,7,12H,6H2,1-2H3/t7-/m0/s1. The van der Waals surface area contributed by atoms with Gasteiger partial charge in [-0.3, -0.25) is 0 Å². The molecule has 78 valence electrons. The van der Waals surface area contributed by atoms with Crippen molar-refractivity contribution in [2.24, 2.45) is 0 Å². The Morgan fingerprint density at radius 1 is 1.50 bits per heavy atom. The van der Waals surface area contributed by atoms with Crippen molar-refractivity contribution in [2.45, 2.75) is 13.0 Å². The van der Waals surface area contributed by atoms with E-state index in [1.54, 1.807) is 6.92 Å². The molecule has 1 rings (SSSR count). The van der Waals surface area contributed by atoms with Gasteiger partial charge in [0, 0.05) is 12.7 Å². The lowest BCUT2D eigenvalue weighted by Gasteiger charge is -2.12. The van der Waals surface area contributed by atoms with Crippen LogP contribution in [0, 0.1) is 5.82 Å². The van der Waals surface area contributed by atoms with E-state index >= 15 is 0 Å². The third-order valence-corrected chi connectivity index (χ3v) is 1.75. The van der Waals surface area contributed by atoms with E-state index in [9.17, 15) is 9.50 Å². The monoisotopic (exact) mass is 200 g/mol. The number of halogens is 1. The summed E-state index contributed by atoms with van der Waals surface area (Å²) >= 11 is 0. The lowest BCUT2D eigenvalue weighted by molar-refractivity contribution is 0.0483. The number of aliphatic hydroxyl groups is 1. The van der Waals surface area contributed by atoms with Crippen LogP contribution >= 0.6 is 0 Å². The average Bonchev–Trinajstić information content (AvgIpc) is 2.15. The lowest BCUT2D eigenvalue weighted by atomic mass is 10.1. The number of aliphatic hydroxyl groups excluding tert-OH is 1. The van der Waals surface area contributed by atoms with Crippen molar-refractivity contribution in [1.29, 1.82) is 0 Å². The smallest absolute Gasteiger partial charge is 0.188 e. The molecule has 0 spiro atoms. The van der Waals surface area contributed by atoms with Crippen molar-refractivity contribution in [2.75, 3.05) is 13.9 Å². The summed E-state index contributed by atoms with van der Waals surface area (Å²) in [7, 11) is 1.49. The molecule has 0 radical (unpaired) electrons. The zero-order valence-electron chi connectivity index (χ0n) is 8.16. The van der Waals surface area contributed by atoms with Crippen LogP contribution in [0.1, 0.15) is 18.6 Å². The van der Waals surface area contributed by atoms with Gasteiger partial charge in [0.2, 0.25) is 0 Å². The van der Waals surface area contributed by atoms with Crippen LogP contribution in [0.15, 0.2) is 18.2 Å². The summed E-state index contributed by atoms with van der Waals surface area (Å²) in [6, 6.07) is 3.99. The Hall–Kier alpha value is -1.13. The van der Waals surface area contributed by atoms with Crippen molar-refractivity contribution in [3.05, 3.63) is 29.6 Å². The molecule has 4 heteroatoms. The van der Waals surface area contributed by atoms with Gasteiger partial charge in [0.1, 0.15) is 11.6 Å². The normalized spacial score (nSPS) is 12.6. The van der Waals surface area contributed by atoms with E-state index in [-0.39, 0.29) is 6.79 Å². The highest BCUT2D eigenvalue weighted by atomic mass is 19.1. The summed E-state index contributed by atoms with van der Waals surface area (Å²) in [6.45, 7) is 1.62. The Balaban J connectivity index is 2.90. The molecular formula is C10H13FO3. The van der Waals surface area contributed by atoms with Crippen LogP contribution in [-0.4, -0.2) is 19.0 Å². The fraction of sp³-hybridized carbons (Fsp3) is 0.400. The van der Waals surface area contributed by atoms with Crippen molar-refractivity contribution in [3.8, 4) is 5.75 Å². The largest absolute Gasteiger partial charge is 0.467 e. The highest BCUT2D eigenvalue weighted by Gasteiger charge is 2.10. The van der Waals surface area contributed by atoms with Gasteiger partial charge >= 0.3 is 0 Å². The number of hydrogen-bond donors (Lipinski definition) is 1. The molecule has 0 saturated carbocycles. The first-order valence-electron chi connectivity index (χ1n) is 4.24. The number of hydrogen-bond acceptors (Lipinski definition) is 3. The number of rotatable bonds is 4. The highest BCUT2D eigenvalue weighted by molar-refractivity contribution is 5.35. The highest BCUT2D eigenvalue weighted by Crippen LogP contribution is 2.25. The first kappa shape index (κ1) is 10.9. The second-order valence-corrected chi connectivity index (χ2v) is 2.91. The molecule has 0 saturated heterocycles. The van der Waals surface area contributed by atoms with E-state index in [0.717, 1.165) is 0 Å². The molecule has 1 aromatic rings. The predicted octanol–water partition coefficient (Wildman–Crippen LogP) is 1.86. The predicted molar refractivity (Wildman–Crippen MR) is 49.5 cm³/mol. The first-order chi connectivity index (χ1) is 6.65. The van der Waals surface area contributed by atoms with Crippen LogP contribution in [0.25, 0.3) is 0 Å². The molecule has 0 aromatic heterocycles. The van der Waals surface area contributed by atoms with Gasteiger partial charge in [-0.25, -0.2) is 4.39 Å². The van der Waals surface area contributed by atoms with Crippen LogP contribution in [0.5, 0.6) is 5.75 Å². The Kier molecular flexibility index (Phi) is 3.85. The lowest BCUT2D eigenvalue weighted by Crippen LogP contribution is -2.03. The average molecular weight is 200 g/mol. The van der Waals surface area contributed by atoms with Crippen LogP contribution in [-0.2, 0) is 4.74 Å². The fourth-order valence-corrected chi connectivity index (χ4v) is 1.10. The molecule has 1 aromatic carbocycles. The van der Waals surface area contributed by atoms with Crippen LogP contribution in [0.3, 0.4) is 0 Å². The molecule has 0 fully saturated rings. The molecule has 0 aliphatic heterocycles. The quantitative estimate of drug-likeness (QED) is 0.754. The number of ether oxygens (including phenoxy) is 2. The van der Waals surface area contributed by atoms with Crippen LogP contribution in [0.4, 0.5) is 4.39 Å². The molecule has 1 atom stereocenters. The maximum absolute atomic E-state index is 12.8. The maximum atomic E-state index is 12.8. The third kappa shape index (κ3) is 2.68. The van der Waals surface area contributed by atoms with Crippen LogP contribution in [0.2, 0.25) is 0 Å². The molecule has 0 heterocycles. The maximum Gasteiger partial charge on any atom is 0.188 e. The van der Waals surface area contributed by atoms with E-state index < -0.39 is 11.9 Å². The Labute approximate surface area is 82.1 Å². The van der Waals surface area contributed by atoms with Gasteiger partial charge in [-0.15, -0.1) is 0 Å². The van der Waals surface area contributed by atoms with E-state index in [0.29, 0.717) is 11.3 Å². The molecule has 1 N–H and O–H groups in total. The van der Waals surface area contributed by atoms with Gasteiger partial charge in [0.15, 0.2) is 6.79 Å². The molecule has 0 unspecified atom stereocenters. The van der Waals surface area contributed by atoms with E-state index in [2.05, 4.69) is 0 Å². The Bertz CT molecular complexity index is 299. The summed E-state index contributed by atoms with van der Waals surface area (Å²) in [5.74, 6) is 0.0360. The second-order valence-electron chi connectivity index (χ2n) is 2.91. The fourth-order valence-electron chi connectivity index (χ4n) is 1.10. The van der Waals surface area contributed by atoms with Gasteiger partial charge in [-0.05, 0) is 25.1 Å². The van der Waals surface area contributed by atoms with Crippen molar-refractivity contribution < 1.29 is 19.0 Å². The SMILES string of the molecule is COCOc1ccc(F)cc1[C@H](C)O. The zero-order chi connectivity index (χ0) is 10.6. The van der Waals surface area contributed by atoms with Gasteiger partial charge in [-0.2, -0.15) is 0 Å². The van der Waals surface area contributed by atoms with E-state index in [4.69, 9.17) is 9.47 Å². The van der Waals surface area contributed by atoms with Gasteiger partial charge in [-0.1, -0.05) is 0 Å². The molecule has 3 nitrogen and oxygen atoms in total. The zero-order valence-corrected chi connectivity index (χ0v) is 8.16. The minimum Gasteiger partial charge on any atom is -0.467 e. The molecule has 0 amide bonds. The molecule has 14 heavy (non-hydrogen) atoms. The van der Waals surface area contributed by atoms with Gasteiger partial charge < -0.3 is 14.6 Å². The van der Waals surface area contributed by atoms with E-state index in [1.807, 2.05) is 0 Å². The number of methoxy groups -OCH3 is 1. The van der Waals surface area contributed by atoms with Crippen LogP contribution < -0.4 is 4.74 Å². The molecule has 0 bridgehead atoms. The molecule has 0 aliphatic carbocycles. The molecular weight excluding hydrogens is 187 g/mol. The summed E-state index contributed by atoms with van der Waals surface area (Å²) < 4.78 is 22.7. The third-order valence-electron chi connectivity index (χ3n) is 1.75. The van der Waals surface area contributed by atoms with Crippen molar-refractivity contribution >= 4 is 0 Å². The van der Waals surface area contributed by atoms with Crippen molar-refractivity contribution in [1.82, 2.24) is 0 Å². The van der Waals surface area contributed by atoms with E-state index in [1.165, 1.54) is 25.3 Å². The summed E-state index contributed by atoms with van der Waals surface area (Å²) in [5.41, 5.74) is 0.419. The van der Waals surface area contributed by atoms with Crippen molar-refractivity contribution in [3.63, 3.8) is 0 Å². The topological polar surface area (TPSA) is 38.7 Å². The van der Waals surface area contributed by atoms with Gasteiger partial charge in [0.05, 0.1) is 6.10 Å². The second kappa shape index (κ2) is 4.93. The minimum atomic E-state index is -0.766. The summed E-state index contributed by atoms with van der Waals surface area (Å²) in [6.07, 6.45) is -0.766. The van der Waals surface area contributed by atoms with Gasteiger partial charge in [0.25, 0.3) is 0 Å². The summed E-state index contributed by atoms with van der Waals surface area (Å²) in [5, 5.41) is 9.34. The summed E-state index contributed by atoms with van der Waals surface area (Å²) in [4.78, 5) is 0. The first-order valence-corrected chi connectivity index (χ1v) is 4.24. The Morgan fingerprint density at radius 3 is 2.79 bits per heavy atom. The molecule has 0 aliphatic rings. The Morgan fingerprint density at radius 2 is 2.21 bits per heavy atom. The minimum absolute atomic E-state index is 0.0748.